The van der Waals surface area contributed by atoms with Crippen molar-refractivity contribution in [3.8, 4) is 5.69 Å². The van der Waals surface area contributed by atoms with Crippen molar-refractivity contribution >= 4 is 33.7 Å². The van der Waals surface area contributed by atoms with Crippen LogP contribution < -0.4 is 0 Å². The first-order valence-corrected chi connectivity index (χ1v) is 6.55. The van der Waals surface area contributed by atoms with E-state index in [-0.39, 0.29) is 21.1 Å². The lowest BCUT2D eigenvalue weighted by molar-refractivity contribution is -0.133. The van der Waals surface area contributed by atoms with E-state index < -0.39 is 17.6 Å². The molecular weight excluding hydrogens is 346 g/mol. The van der Waals surface area contributed by atoms with E-state index in [1.165, 1.54) is 0 Å². The fraction of sp³-hybridized carbons (Fsp3) is 0.111. The van der Waals surface area contributed by atoms with E-state index in [0.29, 0.717) is 0 Å². The van der Waals surface area contributed by atoms with Crippen LogP contribution in [0.4, 0.5) is 8.78 Å². The molecule has 0 atom stereocenters. The number of hydrogen-bond donors (Lipinski definition) is 1. The van der Waals surface area contributed by atoms with Gasteiger partial charge in [-0.25, -0.2) is 8.78 Å². The number of aliphatic carboxylic acids is 1. The van der Waals surface area contributed by atoms with E-state index in [1.54, 1.807) is 0 Å². The molecule has 0 aliphatic heterocycles. The highest BCUT2D eigenvalue weighted by Gasteiger charge is 2.16. The van der Waals surface area contributed by atoms with Crippen LogP contribution in [-0.4, -0.2) is 37.0 Å². The Hall–Kier alpha value is -1.55. The lowest BCUT2D eigenvalue weighted by Crippen LogP contribution is -2.05. The fourth-order valence-electron chi connectivity index (χ4n) is 1.22. The third-order valence-corrected chi connectivity index (χ3v) is 3.50. The molecule has 10 heteroatoms. The molecule has 0 aliphatic carbocycles. The second kappa shape index (κ2) is 5.61. The SMILES string of the molecule is O=C(O)CSc1nnnn1-c1cc(F)c(Br)cc1F. The summed E-state index contributed by atoms with van der Waals surface area (Å²) < 4.78 is 28.1. The number of carbonyl (C=O) groups is 1. The number of tetrazole rings is 1. The summed E-state index contributed by atoms with van der Waals surface area (Å²) in [6.45, 7) is 0. The Morgan fingerprint density at radius 2 is 2.16 bits per heavy atom. The molecule has 0 unspecified atom stereocenters. The van der Waals surface area contributed by atoms with Crippen molar-refractivity contribution in [3.63, 3.8) is 0 Å². The number of thioether (sulfide) groups is 1. The van der Waals surface area contributed by atoms with Gasteiger partial charge >= 0.3 is 5.97 Å². The Kier molecular flexibility index (Phi) is 4.10. The zero-order valence-electron chi connectivity index (χ0n) is 9.05. The van der Waals surface area contributed by atoms with Crippen LogP contribution >= 0.6 is 27.7 Å². The molecule has 6 nitrogen and oxygen atoms in total. The zero-order chi connectivity index (χ0) is 14.0. The second-order valence-corrected chi connectivity index (χ2v) is 5.07. The van der Waals surface area contributed by atoms with Crippen molar-refractivity contribution in [1.82, 2.24) is 20.2 Å². The second-order valence-electron chi connectivity index (χ2n) is 3.27. The van der Waals surface area contributed by atoms with Crippen LogP contribution in [-0.2, 0) is 4.79 Å². The highest BCUT2D eigenvalue weighted by molar-refractivity contribution is 9.10. The number of aromatic nitrogens is 4. The topological polar surface area (TPSA) is 80.9 Å². The van der Waals surface area contributed by atoms with Gasteiger partial charge in [-0.1, -0.05) is 11.8 Å². The van der Waals surface area contributed by atoms with Gasteiger partial charge in [0.05, 0.1) is 10.2 Å². The standard InChI is InChI=1S/C9H5BrF2N4O2S/c10-4-1-6(12)7(2-5(4)11)16-9(13-14-15-16)19-3-8(17)18/h1-2H,3H2,(H,17,18). The molecule has 0 fully saturated rings. The Bertz CT molecular complexity index is 637. The summed E-state index contributed by atoms with van der Waals surface area (Å²) in [4.78, 5) is 10.5. The Labute approximate surface area is 117 Å². The van der Waals surface area contributed by atoms with Crippen molar-refractivity contribution in [3.05, 3.63) is 28.2 Å². The number of nitrogens with zero attached hydrogens (tertiary/aromatic N) is 4. The average molecular weight is 351 g/mol. The van der Waals surface area contributed by atoms with Crippen LogP contribution in [0.25, 0.3) is 5.69 Å². The van der Waals surface area contributed by atoms with Crippen molar-refractivity contribution in [2.45, 2.75) is 5.16 Å². The highest BCUT2D eigenvalue weighted by atomic mass is 79.9. The minimum absolute atomic E-state index is 0.0263. The van der Waals surface area contributed by atoms with Gasteiger partial charge in [0.15, 0.2) is 0 Å². The van der Waals surface area contributed by atoms with E-state index in [9.17, 15) is 13.6 Å². The molecule has 0 radical (unpaired) electrons. The average Bonchev–Trinajstić information content (AvgIpc) is 2.79. The van der Waals surface area contributed by atoms with Gasteiger partial charge in [-0.05, 0) is 32.4 Å². The molecule has 0 bridgehead atoms. The van der Waals surface area contributed by atoms with Crippen LogP contribution in [0.2, 0.25) is 0 Å². The molecule has 0 saturated carbocycles. The van der Waals surface area contributed by atoms with Gasteiger partial charge in [-0.2, -0.15) is 4.68 Å². The van der Waals surface area contributed by atoms with Gasteiger partial charge in [-0.3, -0.25) is 4.79 Å². The van der Waals surface area contributed by atoms with Gasteiger partial charge in [0.25, 0.3) is 0 Å². The molecule has 19 heavy (non-hydrogen) atoms. The van der Waals surface area contributed by atoms with E-state index in [0.717, 1.165) is 28.6 Å². The van der Waals surface area contributed by atoms with Crippen LogP contribution in [0.5, 0.6) is 0 Å². The molecule has 0 amide bonds. The first kappa shape index (κ1) is 13.9. The number of hydrogen-bond acceptors (Lipinski definition) is 5. The van der Waals surface area contributed by atoms with Crippen molar-refractivity contribution in [2.75, 3.05) is 5.75 Å². The molecule has 1 heterocycles. The molecular formula is C9H5BrF2N4O2S. The number of carboxylic acid groups (broad SMARTS) is 1. The van der Waals surface area contributed by atoms with Gasteiger partial charge in [0, 0.05) is 6.07 Å². The fourth-order valence-corrected chi connectivity index (χ4v) is 2.14. The van der Waals surface area contributed by atoms with Gasteiger partial charge < -0.3 is 5.11 Å². The van der Waals surface area contributed by atoms with Gasteiger partial charge in [-0.15, -0.1) is 5.10 Å². The zero-order valence-corrected chi connectivity index (χ0v) is 11.5. The molecule has 0 spiro atoms. The predicted octanol–water partition coefficient (Wildman–Crippen LogP) is 1.88. The van der Waals surface area contributed by atoms with E-state index >= 15 is 0 Å². The summed E-state index contributed by atoms with van der Waals surface area (Å²) >= 11 is 3.65. The Morgan fingerprint density at radius 1 is 1.42 bits per heavy atom. The first-order valence-electron chi connectivity index (χ1n) is 4.77. The number of benzene rings is 1. The summed E-state index contributed by atoms with van der Waals surface area (Å²) in [6, 6.07) is 1.86. The molecule has 100 valence electrons. The largest absolute Gasteiger partial charge is 0.481 e. The smallest absolute Gasteiger partial charge is 0.313 e. The molecule has 1 N–H and O–H groups in total. The summed E-state index contributed by atoms with van der Waals surface area (Å²) in [7, 11) is 0. The maximum atomic E-state index is 13.7. The van der Waals surface area contributed by atoms with Crippen molar-refractivity contribution in [1.29, 1.82) is 0 Å². The number of carboxylic acids is 1. The quantitative estimate of drug-likeness (QED) is 0.669. The van der Waals surface area contributed by atoms with Crippen LogP contribution in [0.1, 0.15) is 0 Å². The summed E-state index contributed by atoms with van der Waals surface area (Å²) in [5, 5.41) is 19.0. The first-order chi connectivity index (χ1) is 8.99. The van der Waals surface area contributed by atoms with Crippen molar-refractivity contribution in [2.24, 2.45) is 0 Å². The predicted molar refractivity (Wildman–Crippen MR) is 65.1 cm³/mol. The number of halogens is 3. The Morgan fingerprint density at radius 3 is 2.84 bits per heavy atom. The summed E-state index contributed by atoms with van der Waals surface area (Å²) in [5.74, 6) is -2.78. The third kappa shape index (κ3) is 3.07. The van der Waals surface area contributed by atoms with Crippen molar-refractivity contribution < 1.29 is 18.7 Å². The van der Waals surface area contributed by atoms with E-state index in [4.69, 9.17) is 5.11 Å². The van der Waals surface area contributed by atoms with Crippen LogP contribution in [0.15, 0.2) is 21.8 Å². The van der Waals surface area contributed by atoms with E-state index in [1.807, 2.05) is 0 Å². The third-order valence-electron chi connectivity index (χ3n) is 1.98. The molecule has 0 aliphatic rings. The maximum Gasteiger partial charge on any atom is 0.313 e. The highest BCUT2D eigenvalue weighted by Crippen LogP contribution is 2.25. The minimum Gasteiger partial charge on any atom is -0.481 e. The molecule has 1 aromatic heterocycles. The molecule has 1 aromatic carbocycles. The molecule has 2 aromatic rings. The lowest BCUT2D eigenvalue weighted by atomic mass is 10.3. The minimum atomic E-state index is -1.07. The van der Waals surface area contributed by atoms with Crippen LogP contribution in [0.3, 0.4) is 0 Å². The monoisotopic (exact) mass is 350 g/mol. The molecule has 0 saturated heterocycles. The number of rotatable bonds is 4. The lowest BCUT2D eigenvalue weighted by Gasteiger charge is -2.05. The van der Waals surface area contributed by atoms with E-state index in [2.05, 4.69) is 31.5 Å². The summed E-state index contributed by atoms with van der Waals surface area (Å²) in [5.41, 5.74) is -0.196. The van der Waals surface area contributed by atoms with Gasteiger partial charge in [0.1, 0.15) is 17.3 Å². The Balaban J connectivity index is 2.40. The van der Waals surface area contributed by atoms with Crippen LogP contribution in [0, 0.1) is 11.6 Å². The maximum absolute atomic E-state index is 13.7. The molecule has 2 rings (SSSR count). The van der Waals surface area contributed by atoms with Gasteiger partial charge in [0.2, 0.25) is 5.16 Å². The normalized spacial score (nSPS) is 10.7. The summed E-state index contributed by atoms with van der Waals surface area (Å²) in [6.07, 6.45) is 0.